The van der Waals surface area contributed by atoms with Gasteiger partial charge in [-0.3, -0.25) is 0 Å². The quantitative estimate of drug-likeness (QED) is 0.746. The van der Waals surface area contributed by atoms with Crippen LogP contribution in [0.4, 0.5) is 5.95 Å². The van der Waals surface area contributed by atoms with Crippen molar-refractivity contribution >= 4 is 5.95 Å². The molecule has 0 aliphatic carbocycles. The van der Waals surface area contributed by atoms with Crippen molar-refractivity contribution in [2.75, 3.05) is 31.2 Å². The van der Waals surface area contributed by atoms with E-state index in [1.807, 2.05) is 12.4 Å². The molecule has 94 valence electrons. The monoisotopic (exact) mass is 235 g/mol. The lowest BCUT2D eigenvalue weighted by Gasteiger charge is -2.22. The van der Waals surface area contributed by atoms with Crippen molar-refractivity contribution in [2.45, 2.75) is 32.6 Å². The Hall–Kier alpha value is -1.16. The van der Waals surface area contributed by atoms with Crippen LogP contribution in [-0.4, -0.2) is 36.3 Å². The Labute approximate surface area is 103 Å². The second-order valence-corrected chi connectivity index (χ2v) is 5.47. The molecule has 0 spiro atoms. The van der Waals surface area contributed by atoms with Crippen molar-refractivity contribution in [2.24, 2.45) is 0 Å². The molecule has 0 saturated carbocycles. The van der Waals surface area contributed by atoms with Crippen LogP contribution in [0.15, 0.2) is 12.4 Å². The van der Waals surface area contributed by atoms with Gasteiger partial charge in [0.05, 0.1) is 6.61 Å². The Morgan fingerprint density at radius 3 is 2.47 bits per heavy atom. The first-order chi connectivity index (χ1) is 8.07. The van der Waals surface area contributed by atoms with Gasteiger partial charge >= 0.3 is 0 Å². The average molecular weight is 235 g/mol. The molecule has 0 N–H and O–H groups in total. The van der Waals surface area contributed by atoms with Gasteiger partial charge in [-0.05, 0) is 17.4 Å². The van der Waals surface area contributed by atoms with Crippen molar-refractivity contribution in [3.8, 4) is 0 Å². The van der Waals surface area contributed by atoms with Crippen LogP contribution in [0.1, 0.15) is 32.8 Å². The highest BCUT2D eigenvalue weighted by atomic mass is 16.5. The van der Waals surface area contributed by atoms with Crippen molar-refractivity contribution in [3.05, 3.63) is 18.0 Å². The number of hydrogen-bond acceptors (Lipinski definition) is 4. The first kappa shape index (κ1) is 12.3. The summed E-state index contributed by atoms with van der Waals surface area (Å²) in [4.78, 5) is 11.1. The molecule has 0 aromatic carbocycles. The maximum absolute atomic E-state index is 5.43. The Balaban J connectivity index is 2.11. The van der Waals surface area contributed by atoms with E-state index in [1.54, 1.807) is 0 Å². The molecule has 0 bridgehead atoms. The zero-order chi connectivity index (χ0) is 12.3. The largest absolute Gasteiger partial charge is 0.380 e. The molecule has 0 amide bonds. The van der Waals surface area contributed by atoms with Gasteiger partial charge in [-0.2, -0.15) is 0 Å². The van der Waals surface area contributed by atoms with Gasteiger partial charge in [0, 0.05) is 32.1 Å². The molecule has 4 nitrogen and oxygen atoms in total. The zero-order valence-electron chi connectivity index (χ0n) is 10.9. The van der Waals surface area contributed by atoms with Crippen LogP contribution in [0.25, 0.3) is 0 Å². The summed E-state index contributed by atoms with van der Waals surface area (Å²) in [5, 5.41) is 0. The first-order valence-corrected chi connectivity index (χ1v) is 6.22. The van der Waals surface area contributed by atoms with Crippen molar-refractivity contribution in [1.29, 1.82) is 0 Å². The van der Waals surface area contributed by atoms with Gasteiger partial charge in [0.25, 0.3) is 0 Å². The Morgan fingerprint density at radius 2 is 1.82 bits per heavy atom. The van der Waals surface area contributed by atoms with Crippen LogP contribution >= 0.6 is 0 Å². The second kappa shape index (κ2) is 5.00. The molecule has 17 heavy (non-hydrogen) atoms. The molecule has 1 aromatic rings. The van der Waals surface area contributed by atoms with Crippen LogP contribution < -0.4 is 4.90 Å². The summed E-state index contributed by atoms with van der Waals surface area (Å²) in [7, 11) is 0. The molecule has 0 unspecified atom stereocenters. The van der Waals surface area contributed by atoms with Crippen LogP contribution in [0.5, 0.6) is 0 Å². The highest BCUT2D eigenvalue weighted by molar-refractivity contribution is 5.31. The van der Waals surface area contributed by atoms with Crippen molar-refractivity contribution in [3.63, 3.8) is 0 Å². The molecule has 1 fully saturated rings. The van der Waals surface area contributed by atoms with Gasteiger partial charge in [-0.25, -0.2) is 9.97 Å². The van der Waals surface area contributed by atoms with Crippen LogP contribution in [-0.2, 0) is 10.2 Å². The molecular weight excluding hydrogens is 214 g/mol. The highest BCUT2D eigenvalue weighted by Crippen LogP contribution is 2.21. The second-order valence-electron chi connectivity index (χ2n) is 5.47. The minimum Gasteiger partial charge on any atom is -0.380 e. The third-order valence-corrected chi connectivity index (χ3v) is 3.01. The fraction of sp³-hybridized carbons (Fsp3) is 0.692. The molecule has 2 heterocycles. The Bertz CT molecular complexity index is 348. The minimum absolute atomic E-state index is 0.112. The van der Waals surface area contributed by atoms with Gasteiger partial charge in [-0.1, -0.05) is 20.8 Å². The maximum atomic E-state index is 5.43. The number of ether oxygens (including phenoxy) is 1. The normalized spacial score (nSPS) is 17.9. The molecular formula is C13H21N3O. The van der Waals surface area contributed by atoms with E-state index in [2.05, 4.69) is 35.6 Å². The van der Waals surface area contributed by atoms with Crippen LogP contribution in [0.3, 0.4) is 0 Å². The van der Waals surface area contributed by atoms with E-state index >= 15 is 0 Å². The van der Waals surface area contributed by atoms with E-state index in [0.717, 1.165) is 38.7 Å². The molecule has 0 radical (unpaired) electrons. The predicted octanol–water partition coefficient (Wildman–Crippen LogP) is 2.00. The molecule has 1 aliphatic heterocycles. The lowest BCUT2D eigenvalue weighted by molar-refractivity contribution is 0.152. The number of nitrogens with zero attached hydrogens (tertiary/aromatic N) is 3. The molecule has 1 saturated heterocycles. The smallest absolute Gasteiger partial charge is 0.225 e. The van der Waals surface area contributed by atoms with E-state index < -0.39 is 0 Å². The minimum atomic E-state index is 0.112. The lowest BCUT2D eigenvalue weighted by atomic mass is 9.89. The summed E-state index contributed by atoms with van der Waals surface area (Å²) in [6.07, 6.45) is 4.92. The van der Waals surface area contributed by atoms with Crippen molar-refractivity contribution < 1.29 is 4.74 Å². The predicted molar refractivity (Wildman–Crippen MR) is 68.4 cm³/mol. The summed E-state index contributed by atoms with van der Waals surface area (Å²) in [5.41, 5.74) is 1.28. The van der Waals surface area contributed by atoms with E-state index in [1.165, 1.54) is 5.56 Å². The summed E-state index contributed by atoms with van der Waals surface area (Å²) in [6.45, 7) is 9.99. The fourth-order valence-electron chi connectivity index (χ4n) is 1.82. The molecule has 4 heteroatoms. The lowest BCUT2D eigenvalue weighted by Crippen LogP contribution is -2.28. The van der Waals surface area contributed by atoms with Crippen LogP contribution in [0, 0.1) is 0 Å². The SMILES string of the molecule is CC(C)(C)c1cnc(N2CCCOCC2)nc1. The van der Waals surface area contributed by atoms with E-state index in [9.17, 15) is 0 Å². The van der Waals surface area contributed by atoms with Gasteiger partial charge in [0.2, 0.25) is 5.95 Å². The molecule has 1 aromatic heterocycles. The average Bonchev–Trinajstić information content (AvgIpc) is 2.56. The summed E-state index contributed by atoms with van der Waals surface area (Å²) in [6, 6.07) is 0. The standard InChI is InChI=1S/C13H21N3O/c1-13(2,3)11-9-14-12(15-10-11)16-5-4-7-17-8-6-16/h9-10H,4-8H2,1-3H3. The highest BCUT2D eigenvalue weighted by Gasteiger charge is 2.16. The van der Waals surface area contributed by atoms with E-state index in [4.69, 9.17) is 4.74 Å². The molecule has 0 atom stereocenters. The van der Waals surface area contributed by atoms with Gasteiger partial charge in [0.1, 0.15) is 0 Å². The maximum Gasteiger partial charge on any atom is 0.225 e. The number of rotatable bonds is 1. The topological polar surface area (TPSA) is 38.2 Å². The van der Waals surface area contributed by atoms with Crippen LogP contribution in [0.2, 0.25) is 0 Å². The Morgan fingerprint density at radius 1 is 1.12 bits per heavy atom. The zero-order valence-corrected chi connectivity index (χ0v) is 10.9. The third-order valence-electron chi connectivity index (χ3n) is 3.01. The fourth-order valence-corrected chi connectivity index (χ4v) is 1.82. The Kier molecular flexibility index (Phi) is 3.62. The van der Waals surface area contributed by atoms with Crippen molar-refractivity contribution in [1.82, 2.24) is 9.97 Å². The number of aromatic nitrogens is 2. The van der Waals surface area contributed by atoms with E-state index in [-0.39, 0.29) is 5.41 Å². The van der Waals surface area contributed by atoms with Gasteiger partial charge in [0.15, 0.2) is 0 Å². The third kappa shape index (κ3) is 3.16. The van der Waals surface area contributed by atoms with Gasteiger partial charge in [-0.15, -0.1) is 0 Å². The summed E-state index contributed by atoms with van der Waals surface area (Å²) in [5.74, 6) is 0.823. The molecule has 2 rings (SSSR count). The number of hydrogen-bond donors (Lipinski definition) is 0. The molecule has 1 aliphatic rings. The number of anilines is 1. The van der Waals surface area contributed by atoms with E-state index in [0.29, 0.717) is 0 Å². The first-order valence-electron chi connectivity index (χ1n) is 6.22. The van der Waals surface area contributed by atoms with Gasteiger partial charge < -0.3 is 9.64 Å². The summed E-state index contributed by atoms with van der Waals surface area (Å²) >= 11 is 0. The summed E-state index contributed by atoms with van der Waals surface area (Å²) < 4.78 is 5.43.